The molecule has 0 aromatic heterocycles. The highest BCUT2D eigenvalue weighted by Crippen LogP contribution is 2.14. The Hall–Kier alpha value is -2.40. The van der Waals surface area contributed by atoms with Crippen molar-refractivity contribution >= 4 is 11.7 Å². The fourth-order valence-corrected chi connectivity index (χ4v) is 1.67. The number of nitrogens with two attached hydrogens (primary N) is 1. The number of benzene rings is 2. The van der Waals surface area contributed by atoms with E-state index in [0.29, 0.717) is 5.69 Å². The molecule has 0 aliphatic rings. The highest BCUT2D eigenvalue weighted by molar-refractivity contribution is 5.90. The molecular formula is C15H14FNO3. The molecule has 4 nitrogen and oxygen atoms in total. The van der Waals surface area contributed by atoms with Gasteiger partial charge in [-0.3, -0.25) is 0 Å². The Bertz CT molecular complexity index is 611. The molecule has 0 radical (unpaired) electrons. The maximum absolute atomic E-state index is 13.5. The minimum atomic E-state index is -0.763. The molecule has 20 heavy (non-hydrogen) atoms. The number of nitrogen functional groups attached to an aromatic ring is 1. The van der Waals surface area contributed by atoms with Crippen LogP contribution in [0.3, 0.4) is 0 Å². The number of ether oxygens (including phenoxy) is 1. The largest absolute Gasteiger partial charge is 0.457 e. The number of hydrogen-bond donors (Lipinski definition) is 2. The second-order valence-electron chi connectivity index (χ2n) is 4.29. The molecule has 0 aliphatic carbocycles. The molecule has 2 rings (SSSR count). The monoisotopic (exact) mass is 275 g/mol. The van der Waals surface area contributed by atoms with E-state index < -0.39 is 11.8 Å². The summed E-state index contributed by atoms with van der Waals surface area (Å²) in [6, 6.07) is 10.7. The minimum absolute atomic E-state index is 0.0266. The lowest BCUT2D eigenvalue weighted by atomic mass is 10.1. The van der Waals surface area contributed by atoms with Crippen molar-refractivity contribution in [2.75, 3.05) is 5.73 Å². The van der Waals surface area contributed by atoms with Crippen LogP contribution in [0.5, 0.6) is 0 Å². The third-order valence-corrected chi connectivity index (χ3v) is 2.79. The second-order valence-corrected chi connectivity index (χ2v) is 4.29. The van der Waals surface area contributed by atoms with Crippen LogP contribution in [-0.4, -0.2) is 11.1 Å². The Morgan fingerprint density at radius 1 is 1.15 bits per heavy atom. The first-order valence-corrected chi connectivity index (χ1v) is 6.01. The Labute approximate surface area is 115 Å². The van der Waals surface area contributed by atoms with Crippen molar-refractivity contribution < 1.29 is 19.0 Å². The van der Waals surface area contributed by atoms with E-state index in [1.54, 1.807) is 24.3 Å². The zero-order valence-electron chi connectivity index (χ0n) is 10.7. The third-order valence-electron chi connectivity index (χ3n) is 2.79. The van der Waals surface area contributed by atoms with Gasteiger partial charge in [-0.2, -0.15) is 0 Å². The molecule has 0 atom stereocenters. The van der Waals surface area contributed by atoms with Crippen LogP contribution < -0.4 is 5.73 Å². The van der Waals surface area contributed by atoms with Gasteiger partial charge in [-0.05, 0) is 29.3 Å². The van der Waals surface area contributed by atoms with Gasteiger partial charge in [0.05, 0.1) is 12.2 Å². The lowest BCUT2D eigenvalue weighted by Crippen LogP contribution is -2.08. The van der Waals surface area contributed by atoms with E-state index in [4.69, 9.17) is 15.6 Å². The number of carbonyl (C=O) groups excluding carboxylic acids is 1. The maximum Gasteiger partial charge on any atom is 0.341 e. The van der Waals surface area contributed by atoms with Crippen molar-refractivity contribution in [3.05, 3.63) is 65.0 Å². The predicted octanol–water partition coefficient (Wildman–Crippen LogP) is 2.26. The molecule has 0 amide bonds. The van der Waals surface area contributed by atoms with Gasteiger partial charge in [-0.1, -0.05) is 24.3 Å². The molecule has 0 fully saturated rings. The summed E-state index contributed by atoms with van der Waals surface area (Å²) in [6.45, 7) is -0.0205. The molecule has 0 unspecified atom stereocenters. The van der Waals surface area contributed by atoms with Crippen molar-refractivity contribution in [2.45, 2.75) is 13.2 Å². The van der Waals surface area contributed by atoms with Gasteiger partial charge in [0, 0.05) is 5.69 Å². The molecule has 5 heteroatoms. The van der Waals surface area contributed by atoms with E-state index in [-0.39, 0.29) is 18.8 Å². The molecular weight excluding hydrogens is 261 g/mol. The lowest BCUT2D eigenvalue weighted by Gasteiger charge is -2.07. The van der Waals surface area contributed by atoms with Crippen LogP contribution in [0.2, 0.25) is 0 Å². The van der Waals surface area contributed by atoms with Crippen LogP contribution in [0.25, 0.3) is 0 Å². The van der Waals surface area contributed by atoms with Gasteiger partial charge < -0.3 is 15.6 Å². The summed E-state index contributed by atoms with van der Waals surface area (Å²) in [6.07, 6.45) is 0. The van der Waals surface area contributed by atoms with Gasteiger partial charge in [0.15, 0.2) is 0 Å². The average Bonchev–Trinajstić information content (AvgIpc) is 2.47. The molecule has 0 bridgehead atoms. The predicted molar refractivity (Wildman–Crippen MR) is 72.3 cm³/mol. The number of carbonyl (C=O) groups is 1. The van der Waals surface area contributed by atoms with Crippen LogP contribution in [0.4, 0.5) is 10.1 Å². The number of rotatable bonds is 4. The smallest absolute Gasteiger partial charge is 0.341 e. The fraction of sp³-hybridized carbons (Fsp3) is 0.133. The van der Waals surface area contributed by atoms with Gasteiger partial charge in [-0.15, -0.1) is 0 Å². The van der Waals surface area contributed by atoms with Crippen LogP contribution >= 0.6 is 0 Å². The maximum atomic E-state index is 13.5. The molecule has 2 aromatic carbocycles. The summed E-state index contributed by atoms with van der Waals surface area (Å²) < 4.78 is 18.5. The summed E-state index contributed by atoms with van der Waals surface area (Å²) >= 11 is 0. The molecule has 2 aromatic rings. The van der Waals surface area contributed by atoms with E-state index in [0.717, 1.165) is 17.2 Å². The fourth-order valence-electron chi connectivity index (χ4n) is 1.67. The summed E-state index contributed by atoms with van der Waals surface area (Å²) in [7, 11) is 0. The molecule has 3 N–H and O–H groups in total. The third kappa shape index (κ3) is 3.33. The first-order valence-electron chi connectivity index (χ1n) is 6.01. The highest BCUT2D eigenvalue weighted by Gasteiger charge is 2.13. The number of halogens is 1. The quantitative estimate of drug-likeness (QED) is 0.663. The summed E-state index contributed by atoms with van der Waals surface area (Å²) in [4.78, 5) is 11.8. The van der Waals surface area contributed by atoms with E-state index in [1.807, 2.05) is 0 Å². The van der Waals surface area contributed by atoms with Crippen molar-refractivity contribution in [1.29, 1.82) is 0 Å². The zero-order valence-corrected chi connectivity index (χ0v) is 10.7. The van der Waals surface area contributed by atoms with Crippen molar-refractivity contribution in [3.63, 3.8) is 0 Å². The Balaban J connectivity index is 2.02. The molecule has 0 aliphatic heterocycles. The molecule has 0 heterocycles. The normalized spacial score (nSPS) is 10.3. The molecule has 0 saturated heterocycles. The van der Waals surface area contributed by atoms with Gasteiger partial charge in [0.25, 0.3) is 0 Å². The minimum Gasteiger partial charge on any atom is -0.457 e. The first kappa shape index (κ1) is 14.0. The highest BCUT2D eigenvalue weighted by atomic mass is 19.1. The van der Waals surface area contributed by atoms with Gasteiger partial charge >= 0.3 is 5.97 Å². The van der Waals surface area contributed by atoms with E-state index in [9.17, 15) is 9.18 Å². The summed E-state index contributed by atoms with van der Waals surface area (Å²) in [5.41, 5.74) is 7.14. The van der Waals surface area contributed by atoms with E-state index in [2.05, 4.69) is 0 Å². The Kier molecular flexibility index (Phi) is 4.32. The van der Waals surface area contributed by atoms with Crippen molar-refractivity contribution in [2.24, 2.45) is 0 Å². The standard InChI is InChI=1S/C15H14FNO3/c16-14-6-5-12(17)7-13(14)15(19)20-9-11-3-1-10(8-18)2-4-11/h1-7,18H,8-9,17H2. The van der Waals surface area contributed by atoms with Gasteiger partial charge in [0.1, 0.15) is 12.4 Å². The number of aliphatic hydroxyl groups excluding tert-OH is 1. The SMILES string of the molecule is Nc1ccc(F)c(C(=O)OCc2ccc(CO)cc2)c1. The molecule has 0 spiro atoms. The van der Waals surface area contributed by atoms with E-state index in [1.165, 1.54) is 12.1 Å². The van der Waals surface area contributed by atoms with Gasteiger partial charge in [0.2, 0.25) is 0 Å². The number of hydrogen-bond acceptors (Lipinski definition) is 4. The van der Waals surface area contributed by atoms with Crippen LogP contribution in [0.1, 0.15) is 21.5 Å². The number of anilines is 1. The number of aliphatic hydroxyl groups is 1. The van der Waals surface area contributed by atoms with Crippen LogP contribution in [0, 0.1) is 5.82 Å². The number of esters is 1. The molecule has 104 valence electrons. The van der Waals surface area contributed by atoms with Crippen molar-refractivity contribution in [3.8, 4) is 0 Å². The zero-order chi connectivity index (χ0) is 14.5. The summed E-state index contributed by atoms with van der Waals surface area (Å²) in [5.74, 6) is -1.43. The van der Waals surface area contributed by atoms with Crippen LogP contribution in [-0.2, 0) is 18.0 Å². The lowest BCUT2D eigenvalue weighted by molar-refractivity contribution is 0.0467. The van der Waals surface area contributed by atoms with Gasteiger partial charge in [-0.25, -0.2) is 9.18 Å². The Morgan fingerprint density at radius 3 is 2.45 bits per heavy atom. The second kappa shape index (κ2) is 6.16. The average molecular weight is 275 g/mol. The van der Waals surface area contributed by atoms with Crippen molar-refractivity contribution in [1.82, 2.24) is 0 Å². The van der Waals surface area contributed by atoms with Crippen LogP contribution in [0.15, 0.2) is 42.5 Å². The Morgan fingerprint density at radius 2 is 1.80 bits per heavy atom. The molecule has 0 saturated carbocycles. The topological polar surface area (TPSA) is 72.6 Å². The summed E-state index contributed by atoms with van der Waals surface area (Å²) in [5, 5.41) is 8.91. The van der Waals surface area contributed by atoms with E-state index >= 15 is 0 Å². The first-order chi connectivity index (χ1) is 9.60.